The Labute approximate surface area is 63.0 Å². The van der Waals surface area contributed by atoms with Gasteiger partial charge in [0.05, 0.1) is 17.5 Å². The Morgan fingerprint density at radius 1 is 1.55 bits per heavy atom. The summed E-state index contributed by atoms with van der Waals surface area (Å²) in [6.45, 7) is 0. The molecule has 0 aliphatic carbocycles. The molecule has 56 valence electrons. The topological polar surface area (TPSA) is 67.8 Å². The number of nitrogen functional groups attached to an aromatic ring is 1. The van der Waals surface area contributed by atoms with Gasteiger partial charge in [0.25, 0.3) is 0 Å². The first kappa shape index (κ1) is 6.03. The number of nitrogens with two attached hydrogens (primary N) is 1. The zero-order valence-corrected chi connectivity index (χ0v) is 5.74. The Bertz CT molecular complexity index is 336. The standard InChI is InChI=1S/C7H7N3O/c8-6-1-7(9-3-6)5-2-10-11-4-5/h1-4,9H,8H2. The van der Waals surface area contributed by atoms with Crippen LogP contribution in [0.15, 0.2) is 29.2 Å². The fourth-order valence-electron chi connectivity index (χ4n) is 0.916. The van der Waals surface area contributed by atoms with Crippen LogP contribution < -0.4 is 5.73 Å². The molecule has 2 heterocycles. The van der Waals surface area contributed by atoms with Gasteiger partial charge in [-0.1, -0.05) is 5.16 Å². The lowest BCUT2D eigenvalue weighted by Gasteiger charge is -1.84. The zero-order chi connectivity index (χ0) is 7.68. The van der Waals surface area contributed by atoms with Crippen LogP contribution in [0.2, 0.25) is 0 Å². The van der Waals surface area contributed by atoms with Gasteiger partial charge in [0, 0.05) is 11.9 Å². The summed E-state index contributed by atoms with van der Waals surface area (Å²) < 4.78 is 4.67. The molecule has 2 aromatic heterocycles. The largest absolute Gasteiger partial charge is 0.397 e. The van der Waals surface area contributed by atoms with E-state index in [1.165, 1.54) is 0 Å². The summed E-state index contributed by atoms with van der Waals surface area (Å²) in [6.07, 6.45) is 4.92. The van der Waals surface area contributed by atoms with Gasteiger partial charge in [0.15, 0.2) is 0 Å². The van der Waals surface area contributed by atoms with Crippen LogP contribution in [0.1, 0.15) is 0 Å². The van der Waals surface area contributed by atoms with Gasteiger partial charge in [-0.15, -0.1) is 0 Å². The Morgan fingerprint density at radius 3 is 3.00 bits per heavy atom. The highest BCUT2D eigenvalue weighted by Gasteiger charge is 2.00. The van der Waals surface area contributed by atoms with E-state index < -0.39 is 0 Å². The average molecular weight is 149 g/mol. The Hall–Kier alpha value is -1.71. The monoisotopic (exact) mass is 149 g/mol. The molecule has 0 amide bonds. The minimum Gasteiger partial charge on any atom is -0.397 e. The first-order valence-electron chi connectivity index (χ1n) is 3.20. The molecule has 0 bridgehead atoms. The number of aromatic amines is 1. The average Bonchev–Trinajstić information content (AvgIpc) is 2.55. The van der Waals surface area contributed by atoms with Crippen LogP contribution in [-0.4, -0.2) is 10.1 Å². The van der Waals surface area contributed by atoms with Crippen LogP contribution in [0, 0.1) is 0 Å². The van der Waals surface area contributed by atoms with Gasteiger partial charge in [-0.25, -0.2) is 0 Å². The number of aromatic nitrogens is 2. The third kappa shape index (κ3) is 0.980. The molecule has 0 unspecified atom stereocenters. The summed E-state index contributed by atoms with van der Waals surface area (Å²) >= 11 is 0. The maximum atomic E-state index is 5.50. The molecule has 3 N–H and O–H groups in total. The van der Waals surface area contributed by atoms with Gasteiger partial charge in [0.1, 0.15) is 6.26 Å². The normalized spacial score (nSPS) is 10.2. The highest BCUT2D eigenvalue weighted by molar-refractivity contribution is 5.61. The molecule has 0 fully saturated rings. The van der Waals surface area contributed by atoms with Gasteiger partial charge >= 0.3 is 0 Å². The molecule has 2 rings (SSSR count). The van der Waals surface area contributed by atoms with Crippen molar-refractivity contribution in [2.45, 2.75) is 0 Å². The van der Waals surface area contributed by atoms with Crippen LogP contribution in [0.4, 0.5) is 5.69 Å². The molecule has 0 saturated carbocycles. The predicted molar refractivity (Wildman–Crippen MR) is 40.7 cm³/mol. The maximum absolute atomic E-state index is 5.50. The molecule has 2 aromatic rings. The predicted octanol–water partition coefficient (Wildman–Crippen LogP) is 1.25. The Kier molecular flexibility index (Phi) is 1.18. The van der Waals surface area contributed by atoms with Crippen LogP contribution in [-0.2, 0) is 0 Å². The molecular weight excluding hydrogens is 142 g/mol. The fraction of sp³-hybridized carbons (Fsp3) is 0. The van der Waals surface area contributed by atoms with Gasteiger partial charge in [0.2, 0.25) is 0 Å². The molecule has 0 atom stereocenters. The van der Waals surface area contributed by atoms with Crippen LogP contribution >= 0.6 is 0 Å². The highest BCUT2D eigenvalue weighted by atomic mass is 16.5. The minimum absolute atomic E-state index is 0.709. The van der Waals surface area contributed by atoms with E-state index in [-0.39, 0.29) is 0 Å². The number of anilines is 1. The fourth-order valence-corrected chi connectivity index (χ4v) is 0.916. The molecule has 11 heavy (non-hydrogen) atoms. The van der Waals surface area contributed by atoms with Crippen molar-refractivity contribution in [3.63, 3.8) is 0 Å². The summed E-state index contributed by atoms with van der Waals surface area (Å²) in [5.74, 6) is 0. The molecule has 0 aromatic carbocycles. The molecule has 0 saturated heterocycles. The van der Waals surface area contributed by atoms with Crippen molar-refractivity contribution in [1.29, 1.82) is 0 Å². The van der Waals surface area contributed by atoms with Crippen molar-refractivity contribution in [2.75, 3.05) is 5.73 Å². The zero-order valence-electron chi connectivity index (χ0n) is 5.74. The minimum atomic E-state index is 0.709. The van der Waals surface area contributed by atoms with Crippen molar-refractivity contribution >= 4 is 5.69 Å². The second-order valence-electron chi connectivity index (χ2n) is 2.26. The lowest BCUT2D eigenvalue weighted by atomic mass is 10.3. The highest BCUT2D eigenvalue weighted by Crippen LogP contribution is 2.18. The molecule has 0 radical (unpaired) electrons. The summed E-state index contributed by atoms with van der Waals surface area (Å²) in [6, 6.07) is 1.83. The van der Waals surface area contributed by atoms with Crippen molar-refractivity contribution in [3.8, 4) is 11.3 Å². The smallest absolute Gasteiger partial charge is 0.133 e. The Morgan fingerprint density at radius 2 is 2.45 bits per heavy atom. The molecular formula is C7H7N3O. The van der Waals surface area contributed by atoms with E-state index in [4.69, 9.17) is 5.73 Å². The molecule has 0 aliphatic heterocycles. The van der Waals surface area contributed by atoms with E-state index in [0.29, 0.717) is 5.69 Å². The number of hydrogen-bond donors (Lipinski definition) is 2. The van der Waals surface area contributed by atoms with Crippen LogP contribution in [0.25, 0.3) is 11.3 Å². The lowest BCUT2D eigenvalue weighted by molar-refractivity contribution is 0.420. The van der Waals surface area contributed by atoms with E-state index in [0.717, 1.165) is 11.3 Å². The molecule has 0 spiro atoms. The third-order valence-corrected chi connectivity index (χ3v) is 1.45. The van der Waals surface area contributed by atoms with Crippen molar-refractivity contribution in [3.05, 3.63) is 24.7 Å². The van der Waals surface area contributed by atoms with Crippen LogP contribution in [0.5, 0.6) is 0 Å². The van der Waals surface area contributed by atoms with E-state index in [9.17, 15) is 0 Å². The first-order valence-corrected chi connectivity index (χ1v) is 3.20. The van der Waals surface area contributed by atoms with Crippen molar-refractivity contribution in [2.24, 2.45) is 0 Å². The summed E-state index contributed by atoms with van der Waals surface area (Å²) in [7, 11) is 0. The lowest BCUT2D eigenvalue weighted by Crippen LogP contribution is -1.75. The van der Waals surface area contributed by atoms with Crippen molar-refractivity contribution < 1.29 is 4.52 Å². The second kappa shape index (κ2) is 2.16. The number of nitrogens with one attached hydrogen (secondary N) is 1. The SMILES string of the molecule is Nc1c[nH]c(-c2cnoc2)c1. The van der Waals surface area contributed by atoms with Gasteiger partial charge < -0.3 is 15.2 Å². The van der Waals surface area contributed by atoms with Gasteiger partial charge in [-0.2, -0.15) is 0 Å². The maximum Gasteiger partial charge on any atom is 0.133 e. The second-order valence-corrected chi connectivity index (χ2v) is 2.26. The third-order valence-electron chi connectivity index (χ3n) is 1.45. The summed E-state index contributed by atoms with van der Waals surface area (Å²) in [5, 5.41) is 3.57. The van der Waals surface area contributed by atoms with E-state index in [1.54, 1.807) is 18.7 Å². The van der Waals surface area contributed by atoms with E-state index in [1.807, 2.05) is 6.07 Å². The van der Waals surface area contributed by atoms with E-state index in [2.05, 4.69) is 14.7 Å². The summed E-state index contributed by atoms with van der Waals surface area (Å²) in [5.41, 5.74) is 8.04. The van der Waals surface area contributed by atoms with E-state index >= 15 is 0 Å². The number of hydrogen-bond acceptors (Lipinski definition) is 3. The Balaban J connectivity index is 2.45. The molecule has 4 heteroatoms. The first-order chi connectivity index (χ1) is 5.36. The molecule has 0 aliphatic rings. The van der Waals surface area contributed by atoms with Gasteiger partial charge in [-0.05, 0) is 6.07 Å². The number of rotatable bonds is 1. The quantitative estimate of drug-likeness (QED) is 0.641. The van der Waals surface area contributed by atoms with Gasteiger partial charge in [-0.3, -0.25) is 0 Å². The van der Waals surface area contributed by atoms with Crippen LogP contribution in [0.3, 0.4) is 0 Å². The number of nitrogens with zero attached hydrogens (tertiary/aromatic N) is 1. The summed E-state index contributed by atoms with van der Waals surface area (Å²) in [4.78, 5) is 2.98. The van der Waals surface area contributed by atoms with Crippen molar-refractivity contribution in [1.82, 2.24) is 10.1 Å². The number of H-pyrrole nitrogens is 1. The molecule has 4 nitrogen and oxygen atoms in total.